The summed E-state index contributed by atoms with van der Waals surface area (Å²) < 4.78 is 14.1. The number of aliphatic carboxylic acids is 1. The second-order valence-corrected chi connectivity index (χ2v) is 11.9. The zero-order chi connectivity index (χ0) is 29.9. The molecule has 1 fully saturated rings. The molecule has 1 heterocycles. The van der Waals surface area contributed by atoms with Crippen LogP contribution in [0.1, 0.15) is 61.3 Å². The van der Waals surface area contributed by atoms with Crippen molar-refractivity contribution < 1.29 is 19.4 Å². The van der Waals surface area contributed by atoms with Gasteiger partial charge in [0.25, 0.3) is 5.56 Å². The van der Waals surface area contributed by atoms with Crippen molar-refractivity contribution in [3.05, 3.63) is 91.2 Å². The Hall–Kier alpha value is -3.56. The van der Waals surface area contributed by atoms with E-state index in [-0.39, 0.29) is 24.8 Å². The quantitative estimate of drug-likeness (QED) is 0.339. The molecule has 10 heteroatoms. The highest BCUT2D eigenvalue weighted by atomic mass is 35.5. The van der Waals surface area contributed by atoms with Crippen LogP contribution in [-0.4, -0.2) is 45.4 Å². The summed E-state index contributed by atoms with van der Waals surface area (Å²) in [6.45, 7) is 1.24. The van der Waals surface area contributed by atoms with Gasteiger partial charge in [-0.3, -0.25) is 19.1 Å². The van der Waals surface area contributed by atoms with Crippen LogP contribution in [0.2, 0.25) is 5.02 Å². The van der Waals surface area contributed by atoms with E-state index >= 15 is 0 Å². The molecule has 1 saturated carbocycles. The number of fused-ring (bicyclic) bond motifs is 1. The minimum atomic E-state index is -0.771. The van der Waals surface area contributed by atoms with Gasteiger partial charge in [0.2, 0.25) is 0 Å². The van der Waals surface area contributed by atoms with E-state index in [2.05, 4.69) is 11.0 Å². The smallest absolute Gasteiger partial charge is 0.330 e. The van der Waals surface area contributed by atoms with Crippen LogP contribution < -0.4 is 20.7 Å². The van der Waals surface area contributed by atoms with E-state index in [9.17, 15) is 19.5 Å². The number of methoxy groups -OCH3 is 1. The molecule has 0 spiro atoms. The van der Waals surface area contributed by atoms with E-state index in [0.717, 1.165) is 42.2 Å². The Kier molecular flexibility index (Phi) is 9.08. The highest BCUT2D eigenvalue weighted by Gasteiger charge is 2.43. The number of hydrogen-bond donors (Lipinski definition) is 1. The highest BCUT2D eigenvalue weighted by Crippen LogP contribution is 2.43. The number of carbonyl (C=O) groups is 1. The van der Waals surface area contributed by atoms with Crippen LogP contribution in [0.25, 0.3) is 0 Å². The first kappa shape index (κ1) is 29.9. The van der Waals surface area contributed by atoms with Crippen molar-refractivity contribution in [2.75, 3.05) is 20.3 Å². The highest BCUT2D eigenvalue weighted by molar-refractivity contribution is 6.30. The van der Waals surface area contributed by atoms with Gasteiger partial charge in [-0.05, 0) is 66.6 Å². The molecule has 1 aromatic heterocycles. The SMILES string of the molecule is COc1cc(CN(CC2(C(=O)O)CCCCC2)C2CCc3cc(Cl)ccc32)ccc1OCCn1c(=O)ccn(C)c1=O. The number of carboxylic acids is 1. The summed E-state index contributed by atoms with van der Waals surface area (Å²) in [5.74, 6) is 0.323. The Morgan fingerprint density at radius 1 is 1.10 bits per heavy atom. The molecule has 0 aliphatic heterocycles. The van der Waals surface area contributed by atoms with Gasteiger partial charge in [-0.2, -0.15) is 0 Å². The van der Waals surface area contributed by atoms with Gasteiger partial charge in [-0.15, -0.1) is 0 Å². The average molecular weight is 596 g/mol. The Balaban J connectivity index is 1.38. The van der Waals surface area contributed by atoms with E-state index in [1.165, 1.54) is 28.0 Å². The van der Waals surface area contributed by atoms with Crippen LogP contribution in [0.5, 0.6) is 11.5 Å². The van der Waals surface area contributed by atoms with Crippen molar-refractivity contribution in [1.29, 1.82) is 0 Å². The number of benzene rings is 2. The van der Waals surface area contributed by atoms with Gasteiger partial charge in [0.05, 0.1) is 19.1 Å². The first-order chi connectivity index (χ1) is 20.2. The molecular formula is C32H38ClN3O6. The molecule has 0 radical (unpaired) electrons. The fourth-order valence-electron chi connectivity index (χ4n) is 6.51. The molecule has 2 aromatic carbocycles. The third-order valence-electron chi connectivity index (χ3n) is 8.79. The predicted molar refractivity (Wildman–Crippen MR) is 161 cm³/mol. The Morgan fingerprint density at radius 2 is 1.88 bits per heavy atom. The van der Waals surface area contributed by atoms with Crippen LogP contribution in [0.3, 0.4) is 0 Å². The van der Waals surface area contributed by atoms with E-state index in [1.807, 2.05) is 30.3 Å². The first-order valence-corrected chi connectivity index (χ1v) is 14.9. The lowest BCUT2D eigenvalue weighted by molar-refractivity contribution is -0.153. The van der Waals surface area contributed by atoms with E-state index in [1.54, 1.807) is 14.2 Å². The molecule has 0 amide bonds. The number of nitrogens with zero attached hydrogens (tertiary/aromatic N) is 3. The van der Waals surface area contributed by atoms with Crippen molar-refractivity contribution in [3.8, 4) is 11.5 Å². The number of carboxylic acid groups (broad SMARTS) is 1. The Labute approximate surface area is 250 Å². The van der Waals surface area contributed by atoms with Crippen LogP contribution >= 0.6 is 11.6 Å². The molecule has 0 saturated heterocycles. The first-order valence-electron chi connectivity index (χ1n) is 14.5. The zero-order valence-corrected chi connectivity index (χ0v) is 24.9. The Bertz CT molecular complexity index is 1560. The average Bonchev–Trinajstić information content (AvgIpc) is 3.40. The lowest BCUT2D eigenvalue weighted by Gasteiger charge is -2.40. The molecule has 224 valence electrons. The number of ether oxygens (including phenoxy) is 2. The van der Waals surface area contributed by atoms with Gasteiger partial charge in [-0.1, -0.05) is 43.0 Å². The lowest BCUT2D eigenvalue weighted by atomic mass is 9.73. The molecule has 0 bridgehead atoms. The topological polar surface area (TPSA) is 103 Å². The van der Waals surface area contributed by atoms with Gasteiger partial charge in [-0.25, -0.2) is 4.79 Å². The molecule has 5 rings (SSSR count). The maximum atomic E-state index is 12.7. The third kappa shape index (κ3) is 6.27. The minimum absolute atomic E-state index is 0.0872. The molecule has 1 atom stereocenters. The summed E-state index contributed by atoms with van der Waals surface area (Å²) in [6.07, 6.45) is 7.55. The maximum absolute atomic E-state index is 12.7. The molecule has 2 aliphatic rings. The Morgan fingerprint density at radius 3 is 2.62 bits per heavy atom. The van der Waals surface area contributed by atoms with Crippen molar-refractivity contribution in [2.24, 2.45) is 12.5 Å². The zero-order valence-electron chi connectivity index (χ0n) is 24.2. The number of halogens is 1. The van der Waals surface area contributed by atoms with E-state index < -0.39 is 17.1 Å². The molecule has 1 N–H and O–H groups in total. The number of aryl methyl sites for hydroxylation is 2. The van der Waals surface area contributed by atoms with Gasteiger partial charge in [0.1, 0.15) is 6.61 Å². The molecule has 1 unspecified atom stereocenters. The molecule has 42 heavy (non-hydrogen) atoms. The number of aromatic nitrogens is 2. The van der Waals surface area contributed by atoms with Crippen LogP contribution in [-0.2, 0) is 31.4 Å². The fraction of sp³-hybridized carbons (Fsp3) is 0.469. The monoisotopic (exact) mass is 595 g/mol. The van der Waals surface area contributed by atoms with Crippen LogP contribution in [0.4, 0.5) is 0 Å². The predicted octanol–water partition coefficient (Wildman–Crippen LogP) is 4.81. The molecule has 9 nitrogen and oxygen atoms in total. The summed E-state index contributed by atoms with van der Waals surface area (Å²) in [7, 11) is 3.16. The van der Waals surface area contributed by atoms with Crippen molar-refractivity contribution in [1.82, 2.24) is 14.0 Å². The molecular weight excluding hydrogens is 558 g/mol. The van der Waals surface area contributed by atoms with Gasteiger partial charge in [0.15, 0.2) is 11.5 Å². The summed E-state index contributed by atoms with van der Waals surface area (Å²) in [5, 5.41) is 11.1. The van der Waals surface area contributed by atoms with Gasteiger partial charge >= 0.3 is 11.7 Å². The normalized spacial score (nSPS) is 17.7. The second kappa shape index (κ2) is 12.8. The molecule has 3 aromatic rings. The number of hydrogen-bond acceptors (Lipinski definition) is 6. The van der Waals surface area contributed by atoms with Crippen molar-refractivity contribution in [3.63, 3.8) is 0 Å². The van der Waals surface area contributed by atoms with E-state index in [0.29, 0.717) is 42.5 Å². The summed E-state index contributed by atoms with van der Waals surface area (Å²) in [4.78, 5) is 39.4. The standard InChI is InChI=1S/C32H38ClN3O6/c1-34-15-12-29(37)36(31(34)40)16-17-42-27-11-6-22(18-28(27)41-2)20-35(21-32(30(38)39)13-4-3-5-14-32)26-10-7-23-19-24(33)8-9-25(23)26/h6,8-9,11-12,15,18-19,26H,3-5,7,10,13-14,16-17,20-21H2,1-2H3,(H,38,39). The second-order valence-electron chi connectivity index (χ2n) is 11.5. The van der Waals surface area contributed by atoms with E-state index in [4.69, 9.17) is 21.1 Å². The third-order valence-corrected chi connectivity index (χ3v) is 9.02. The fourth-order valence-corrected chi connectivity index (χ4v) is 6.70. The van der Waals surface area contributed by atoms with Crippen molar-refractivity contribution in [2.45, 2.75) is 64.1 Å². The maximum Gasteiger partial charge on any atom is 0.330 e. The molecule has 2 aliphatic carbocycles. The van der Waals surface area contributed by atoms with Gasteiger partial charge < -0.3 is 19.1 Å². The minimum Gasteiger partial charge on any atom is -0.493 e. The lowest BCUT2D eigenvalue weighted by Crippen LogP contribution is -2.45. The number of rotatable bonds is 11. The largest absolute Gasteiger partial charge is 0.493 e. The summed E-state index contributed by atoms with van der Waals surface area (Å²) >= 11 is 6.29. The van der Waals surface area contributed by atoms with Gasteiger partial charge in [0, 0.05) is 43.5 Å². The summed E-state index contributed by atoms with van der Waals surface area (Å²) in [6, 6.07) is 13.2. The van der Waals surface area contributed by atoms with Crippen LogP contribution in [0, 0.1) is 5.41 Å². The van der Waals surface area contributed by atoms with Crippen molar-refractivity contribution >= 4 is 17.6 Å². The van der Waals surface area contributed by atoms with Crippen LogP contribution in [0.15, 0.2) is 58.3 Å². The summed E-state index contributed by atoms with van der Waals surface area (Å²) in [5.41, 5.74) is 1.86.